The van der Waals surface area contributed by atoms with Gasteiger partial charge in [-0.25, -0.2) is 4.98 Å². The smallest absolute Gasteiger partial charge is 0.258 e. The maximum absolute atomic E-state index is 12.8. The molecule has 0 spiro atoms. The van der Waals surface area contributed by atoms with Crippen molar-refractivity contribution in [1.82, 2.24) is 20.4 Å². The molecule has 6 heteroatoms. The highest BCUT2D eigenvalue weighted by Gasteiger charge is 2.21. The number of pyridine rings is 1. The van der Waals surface area contributed by atoms with Gasteiger partial charge in [-0.15, -0.1) is 0 Å². The molecule has 1 amide bonds. The molecule has 0 saturated carbocycles. The third-order valence-corrected chi connectivity index (χ3v) is 4.56. The average Bonchev–Trinajstić information content (AvgIpc) is 2.93. The van der Waals surface area contributed by atoms with Crippen LogP contribution in [0.15, 0.2) is 10.6 Å². The van der Waals surface area contributed by atoms with E-state index in [0.717, 1.165) is 25.2 Å². The zero-order valence-electron chi connectivity index (χ0n) is 16.2. The third-order valence-electron chi connectivity index (χ3n) is 4.56. The van der Waals surface area contributed by atoms with Crippen molar-refractivity contribution in [1.29, 1.82) is 0 Å². The third kappa shape index (κ3) is 4.57. The zero-order chi connectivity index (χ0) is 18.6. The lowest BCUT2D eigenvalue weighted by Crippen LogP contribution is -2.44. The number of aryl methyl sites for hydroxylation is 2. The molecule has 6 nitrogen and oxygen atoms in total. The van der Waals surface area contributed by atoms with Gasteiger partial charge in [-0.3, -0.25) is 9.69 Å². The fraction of sp³-hybridized carbons (Fsp3) is 0.632. The second-order valence-corrected chi connectivity index (χ2v) is 6.97. The molecule has 2 aromatic rings. The van der Waals surface area contributed by atoms with E-state index in [4.69, 9.17) is 4.52 Å². The molecule has 0 aromatic carbocycles. The number of carbonyl (C=O) groups is 1. The molecule has 138 valence electrons. The van der Waals surface area contributed by atoms with Crippen molar-refractivity contribution in [2.24, 2.45) is 5.92 Å². The van der Waals surface area contributed by atoms with Crippen LogP contribution in [-0.4, -0.2) is 46.6 Å². The number of fused-ring (bicyclic) bond motifs is 1. The summed E-state index contributed by atoms with van der Waals surface area (Å²) >= 11 is 0. The molecule has 25 heavy (non-hydrogen) atoms. The van der Waals surface area contributed by atoms with Crippen molar-refractivity contribution >= 4 is 17.0 Å². The molecule has 1 atom stereocenters. The van der Waals surface area contributed by atoms with E-state index < -0.39 is 0 Å². The van der Waals surface area contributed by atoms with Gasteiger partial charge in [-0.2, -0.15) is 0 Å². The molecule has 0 aliphatic rings. The van der Waals surface area contributed by atoms with Crippen molar-refractivity contribution in [3.63, 3.8) is 0 Å². The Morgan fingerprint density at radius 2 is 1.96 bits per heavy atom. The van der Waals surface area contributed by atoms with Crippen LogP contribution in [-0.2, 0) is 0 Å². The van der Waals surface area contributed by atoms with E-state index in [1.165, 1.54) is 0 Å². The van der Waals surface area contributed by atoms with E-state index >= 15 is 0 Å². The molecular weight excluding hydrogens is 316 g/mol. The minimum atomic E-state index is -0.0947. The van der Waals surface area contributed by atoms with E-state index in [2.05, 4.69) is 48.1 Å². The van der Waals surface area contributed by atoms with Crippen molar-refractivity contribution in [2.75, 3.05) is 19.6 Å². The highest BCUT2D eigenvalue weighted by molar-refractivity contribution is 6.06. The summed E-state index contributed by atoms with van der Waals surface area (Å²) in [5.74, 6) is 0.486. The molecule has 0 unspecified atom stereocenters. The highest BCUT2D eigenvalue weighted by Crippen LogP contribution is 2.22. The van der Waals surface area contributed by atoms with Crippen LogP contribution in [0, 0.1) is 19.8 Å². The van der Waals surface area contributed by atoms with Gasteiger partial charge in [0.2, 0.25) is 0 Å². The first kappa shape index (κ1) is 19.4. The fourth-order valence-electron chi connectivity index (χ4n) is 3.35. The van der Waals surface area contributed by atoms with Gasteiger partial charge in [-0.05, 0) is 45.3 Å². The lowest BCUT2D eigenvalue weighted by atomic mass is 10.0. The van der Waals surface area contributed by atoms with Gasteiger partial charge < -0.3 is 9.84 Å². The van der Waals surface area contributed by atoms with Crippen LogP contribution < -0.4 is 5.32 Å². The quantitative estimate of drug-likeness (QED) is 0.794. The summed E-state index contributed by atoms with van der Waals surface area (Å²) in [5, 5.41) is 7.76. The van der Waals surface area contributed by atoms with Gasteiger partial charge in [-0.1, -0.05) is 32.9 Å². The number of nitrogens with zero attached hydrogens (tertiary/aromatic N) is 3. The van der Waals surface area contributed by atoms with E-state index in [9.17, 15) is 4.79 Å². The minimum Gasteiger partial charge on any atom is -0.350 e. The number of nitrogens with one attached hydrogen (secondary N) is 1. The van der Waals surface area contributed by atoms with Crippen molar-refractivity contribution in [2.45, 2.75) is 54.0 Å². The predicted octanol–water partition coefficient (Wildman–Crippen LogP) is 3.33. The van der Waals surface area contributed by atoms with Crippen LogP contribution in [0.2, 0.25) is 0 Å². The van der Waals surface area contributed by atoms with E-state index in [1.54, 1.807) is 6.07 Å². The largest absolute Gasteiger partial charge is 0.350 e. The van der Waals surface area contributed by atoms with E-state index in [1.807, 2.05) is 13.8 Å². The summed E-state index contributed by atoms with van der Waals surface area (Å²) in [5.41, 5.74) is 2.45. The molecule has 2 heterocycles. The molecule has 0 aliphatic carbocycles. The maximum Gasteiger partial charge on any atom is 0.258 e. The Hall–Kier alpha value is -1.95. The maximum atomic E-state index is 12.8. The van der Waals surface area contributed by atoms with E-state index in [0.29, 0.717) is 40.9 Å². The van der Waals surface area contributed by atoms with Crippen LogP contribution in [0.25, 0.3) is 11.1 Å². The van der Waals surface area contributed by atoms with Crippen molar-refractivity contribution < 1.29 is 9.32 Å². The standard InChI is InChI=1S/C19H30N4O2/c1-7-23(8-2)15(9-12(3)4)11-20-18(24)16-10-13(5)21-19-17(16)14(6)22-25-19/h10,12,15H,7-9,11H2,1-6H3,(H,20,24)/t15-/m0/s1. The van der Waals surface area contributed by atoms with Gasteiger partial charge in [0.15, 0.2) is 0 Å². The number of likely N-dealkylation sites (N-methyl/N-ethyl adjacent to an activating group) is 1. The molecular formula is C19H30N4O2. The van der Waals surface area contributed by atoms with Crippen LogP contribution in [0.4, 0.5) is 0 Å². The van der Waals surface area contributed by atoms with Crippen LogP contribution >= 0.6 is 0 Å². The van der Waals surface area contributed by atoms with Gasteiger partial charge in [0, 0.05) is 18.3 Å². The summed E-state index contributed by atoms with van der Waals surface area (Å²) in [4.78, 5) is 19.5. The second kappa shape index (κ2) is 8.43. The summed E-state index contributed by atoms with van der Waals surface area (Å²) in [6, 6.07) is 2.14. The molecule has 2 rings (SSSR count). The van der Waals surface area contributed by atoms with Crippen LogP contribution in [0.1, 0.15) is 55.9 Å². The van der Waals surface area contributed by atoms with E-state index in [-0.39, 0.29) is 5.91 Å². The first-order valence-electron chi connectivity index (χ1n) is 9.13. The van der Waals surface area contributed by atoms with Crippen LogP contribution in [0.5, 0.6) is 0 Å². The highest BCUT2D eigenvalue weighted by atomic mass is 16.5. The predicted molar refractivity (Wildman–Crippen MR) is 99.8 cm³/mol. The Bertz CT molecular complexity index is 720. The SMILES string of the molecule is CCN(CC)[C@H](CNC(=O)c1cc(C)nc2onc(C)c12)CC(C)C. The number of aromatic nitrogens is 2. The van der Waals surface area contributed by atoms with Gasteiger partial charge >= 0.3 is 0 Å². The monoisotopic (exact) mass is 346 g/mol. The van der Waals surface area contributed by atoms with Gasteiger partial charge in [0.25, 0.3) is 11.6 Å². The number of rotatable bonds is 8. The summed E-state index contributed by atoms with van der Waals surface area (Å²) in [6.07, 6.45) is 1.05. The number of hydrogen-bond donors (Lipinski definition) is 1. The average molecular weight is 346 g/mol. The Balaban J connectivity index is 2.19. The second-order valence-electron chi connectivity index (χ2n) is 6.97. The minimum absolute atomic E-state index is 0.0947. The zero-order valence-corrected chi connectivity index (χ0v) is 16.2. The molecule has 0 saturated heterocycles. The van der Waals surface area contributed by atoms with Crippen molar-refractivity contribution in [3.05, 3.63) is 23.0 Å². The van der Waals surface area contributed by atoms with Crippen LogP contribution in [0.3, 0.4) is 0 Å². The van der Waals surface area contributed by atoms with Crippen molar-refractivity contribution in [3.8, 4) is 0 Å². The summed E-state index contributed by atoms with van der Waals surface area (Å²) in [6.45, 7) is 15.0. The Labute approximate surface area is 150 Å². The molecule has 0 aliphatic heterocycles. The first-order chi connectivity index (χ1) is 11.9. The normalized spacial score (nSPS) is 13.0. The summed E-state index contributed by atoms with van der Waals surface area (Å²) in [7, 11) is 0. The topological polar surface area (TPSA) is 71.3 Å². The fourth-order valence-corrected chi connectivity index (χ4v) is 3.35. The molecule has 0 fully saturated rings. The molecule has 0 bridgehead atoms. The molecule has 2 aromatic heterocycles. The lowest BCUT2D eigenvalue weighted by molar-refractivity contribution is 0.0930. The molecule has 1 N–H and O–H groups in total. The summed E-state index contributed by atoms with van der Waals surface area (Å²) < 4.78 is 5.22. The Kier molecular flexibility index (Phi) is 6.53. The number of amides is 1. The molecule has 0 radical (unpaired) electrons. The Morgan fingerprint density at radius 1 is 1.28 bits per heavy atom. The number of hydrogen-bond acceptors (Lipinski definition) is 5. The first-order valence-corrected chi connectivity index (χ1v) is 9.13. The number of carbonyl (C=O) groups excluding carboxylic acids is 1. The van der Waals surface area contributed by atoms with Gasteiger partial charge in [0.1, 0.15) is 0 Å². The van der Waals surface area contributed by atoms with Gasteiger partial charge in [0.05, 0.1) is 16.6 Å². The Morgan fingerprint density at radius 3 is 2.56 bits per heavy atom. The lowest BCUT2D eigenvalue weighted by Gasteiger charge is -2.31.